The summed E-state index contributed by atoms with van der Waals surface area (Å²) in [5, 5.41) is 3.03. The van der Waals surface area contributed by atoms with Gasteiger partial charge in [-0.15, -0.1) is 0 Å². The molecule has 0 aromatic heterocycles. The zero-order valence-electron chi connectivity index (χ0n) is 13.9. The van der Waals surface area contributed by atoms with Crippen molar-refractivity contribution in [3.63, 3.8) is 0 Å². The summed E-state index contributed by atoms with van der Waals surface area (Å²) < 4.78 is 5.19. The monoisotopic (exact) mass is 287 g/mol. The first-order chi connectivity index (χ1) is 9.45. The van der Waals surface area contributed by atoms with E-state index in [2.05, 4.69) is 24.1 Å². The zero-order chi connectivity index (χ0) is 15.6. The van der Waals surface area contributed by atoms with Crippen LogP contribution in [0.1, 0.15) is 46.5 Å². The zero-order valence-corrected chi connectivity index (χ0v) is 13.9. The molecule has 5 heteroatoms. The average Bonchev–Trinajstić information content (AvgIpc) is 2.44. The molecule has 20 heavy (non-hydrogen) atoms. The van der Waals surface area contributed by atoms with Gasteiger partial charge < -0.3 is 15.8 Å². The smallest absolute Gasteiger partial charge is 0.237 e. The van der Waals surface area contributed by atoms with Crippen molar-refractivity contribution in [1.82, 2.24) is 10.2 Å². The van der Waals surface area contributed by atoms with E-state index in [0.717, 1.165) is 45.4 Å². The minimum atomic E-state index is -0.610. The predicted octanol–water partition coefficient (Wildman–Crippen LogP) is 1.37. The van der Waals surface area contributed by atoms with Gasteiger partial charge in [-0.2, -0.15) is 0 Å². The van der Waals surface area contributed by atoms with Crippen LogP contribution in [0.15, 0.2) is 0 Å². The number of rotatable bonds is 12. The number of methoxy groups -OCH3 is 1. The van der Waals surface area contributed by atoms with Gasteiger partial charge >= 0.3 is 0 Å². The van der Waals surface area contributed by atoms with Gasteiger partial charge in [0.1, 0.15) is 0 Å². The van der Waals surface area contributed by atoms with Crippen LogP contribution < -0.4 is 11.1 Å². The van der Waals surface area contributed by atoms with Crippen LogP contribution in [0.2, 0.25) is 0 Å². The lowest BCUT2D eigenvalue weighted by Gasteiger charge is -2.32. The highest BCUT2D eigenvalue weighted by Gasteiger charge is 2.28. The minimum Gasteiger partial charge on any atom is -0.383 e. The molecule has 0 aliphatic carbocycles. The van der Waals surface area contributed by atoms with E-state index in [-0.39, 0.29) is 5.91 Å². The molecule has 0 fully saturated rings. The molecule has 1 atom stereocenters. The van der Waals surface area contributed by atoms with Crippen LogP contribution in [-0.2, 0) is 9.53 Å². The Morgan fingerprint density at radius 3 is 2.35 bits per heavy atom. The molecular weight excluding hydrogens is 254 g/mol. The molecule has 1 amide bonds. The number of amides is 1. The summed E-state index contributed by atoms with van der Waals surface area (Å²) in [5.41, 5.74) is 4.85. The molecule has 0 saturated heterocycles. The van der Waals surface area contributed by atoms with Gasteiger partial charge in [-0.3, -0.25) is 9.69 Å². The number of nitrogens with one attached hydrogen (secondary N) is 1. The molecule has 0 rings (SSSR count). The van der Waals surface area contributed by atoms with Gasteiger partial charge in [0.2, 0.25) is 5.91 Å². The van der Waals surface area contributed by atoms with Gasteiger partial charge in [-0.25, -0.2) is 0 Å². The van der Waals surface area contributed by atoms with E-state index in [1.54, 1.807) is 14.2 Å². The van der Waals surface area contributed by atoms with Crippen molar-refractivity contribution in [3.05, 3.63) is 0 Å². The average molecular weight is 287 g/mol. The molecule has 3 N–H and O–H groups in total. The molecule has 0 aliphatic heterocycles. The van der Waals surface area contributed by atoms with Crippen LogP contribution in [0.5, 0.6) is 0 Å². The summed E-state index contributed by atoms with van der Waals surface area (Å²) in [4.78, 5) is 13.9. The van der Waals surface area contributed by atoms with Gasteiger partial charge in [-0.05, 0) is 46.2 Å². The van der Waals surface area contributed by atoms with E-state index in [4.69, 9.17) is 10.5 Å². The summed E-state index contributed by atoms with van der Waals surface area (Å²) in [6, 6.07) is 0.583. The molecule has 0 aromatic carbocycles. The molecule has 0 radical (unpaired) electrons. The van der Waals surface area contributed by atoms with E-state index in [1.165, 1.54) is 0 Å². The Hall–Kier alpha value is -0.650. The molecule has 0 aromatic rings. The van der Waals surface area contributed by atoms with Crippen molar-refractivity contribution in [1.29, 1.82) is 0 Å². The molecule has 0 aliphatic rings. The SMILES string of the molecule is CCC(CC)N(CCCC(C)(NC)C(N)=O)CCOC. The maximum Gasteiger partial charge on any atom is 0.237 e. The maximum absolute atomic E-state index is 11.5. The molecule has 5 nitrogen and oxygen atoms in total. The van der Waals surface area contributed by atoms with Gasteiger partial charge in [0.15, 0.2) is 0 Å². The first-order valence-corrected chi connectivity index (χ1v) is 7.66. The second-order valence-corrected chi connectivity index (χ2v) is 5.55. The lowest BCUT2D eigenvalue weighted by atomic mass is 9.95. The van der Waals surface area contributed by atoms with Crippen molar-refractivity contribution >= 4 is 5.91 Å². The molecular formula is C15H33N3O2. The third kappa shape index (κ3) is 6.20. The Bertz CT molecular complexity index is 270. The maximum atomic E-state index is 11.5. The number of nitrogens with zero attached hydrogens (tertiary/aromatic N) is 1. The highest BCUT2D eigenvalue weighted by molar-refractivity contribution is 5.84. The van der Waals surface area contributed by atoms with E-state index >= 15 is 0 Å². The predicted molar refractivity (Wildman–Crippen MR) is 83.7 cm³/mol. The Morgan fingerprint density at radius 2 is 1.95 bits per heavy atom. The quantitative estimate of drug-likeness (QED) is 0.569. The van der Waals surface area contributed by atoms with Crippen molar-refractivity contribution in [3.8, 4) is 0 Å². The van der Waals surface area contributed by atoms with Crippen LogP contribution in [-0.4, -0.2) is 56.2 Å². The minimum absolute atomic E-state index is 0.286. The van der Waals surface area contributed by atoms with Crippen molar-refractivity contribution in [2.24, 2.45) is 5.73 Å². The number of hydrogen-bond donors (Lipinski definition) is 2. The topological polar surface area (TPSA) is 67.6 Å². The Balaban J connectivity index is 4.41. The number of primary amides is 1. The van der Waals surface area contributed by atoms with E-state index in [9.17, 15) is 4.79 Å². The first kappa shape index (κ1) is 19.4. The first-order valence-electron chi connectivity index (χ1n) is 7.66. The molecule has 0 spiro atoms. The fourth-order valence-electron chi connectivity index (χ4n) is 2.50. The van der Waals surface area contributed by atoms with Crippen LogP contribution in [0.3, 0.4) is 0 Å². The summed E-state index contributed by atoms with van der Waals surface area (Å²) in [5.74, 6) is -0.286. The molecule has 120 valence electrons. The fraction of sp³-hybridized carbons (Fsp3) is 0.933. The summed E-state index contributed by atoms with van der Waals surface area (Å²) in [6.07, 6.45) is 3.97. The molecule has 1 unspecified atom stereocenters. The third-order valence-electron chi connectivity index (χ3n) is 4.26. The summed E-state index contributed by atoms with van der Waals surface area (Å²) in [6.45, 7) is 8.96. The molecule has 0 bridgehead atoms. The normalized spacial score (nSPS) is 14.8. The standard InChI is InChI=1S/C15H33N3O2/c1-6-13(7-2)18(11-12-20-5)10-8-9-15(3,17-4)14(16)19/h13,17H,6-12H2,1-5H3,(H2,16,19). The third-order valence-corrected chi connectivity index (χ3v) is 4.26. The van der Waals surface area contributed by atoms with E-state index in [0.29, 0.717) is 6.04 Å². The number of hydrogen-bond acceptors (Lipinski definition) is 4. The lowest BCUT2D eigenvalue weighted by molar-refractivity contribution is -0.123. The highest BCUT2D eigenvalue weighted by atomic mass is 16.5. The number of carbonyl (C=O) groups is 1. The second kappa shape index (κ2) is 10.1. The van der Waals surface area contributed by atoms with Crippen LogP contribution in [0, 0.1) is 0 Å². The molecule has 0 heterocycles. The summed E-state index contributed by atoms with van der Waals surface area (Å²) in [7, 11) is 3.52. The van der Waals surface area contributed by atoms with Crippen LogP contribution >= 0.6 is 0 Å². The number of ether oxygens (including phenoxy) is 1. The number of nitrogens with two attached hydrogens (primary N) is 1. The largest absolute Gasteiger partial charge is 0.383 e. The summed E-state index contributed by atoms with van der Waals surface area (Å²) >= 11 is 0. The lowest BCUT2D eigenvalue weighted by Crippen LogP contribution is -2.51. The van der Waals surface area contributed by atoms with Crippen molar-refractivity contribution < 1.29 is 9.53 Å². The number of carbonyl (C=O) groups excluding carboxylic acids is 1. The Kier molecular flexibility index (Phi) is 9.80. The van der Waals surface area contributed by atoms with E-state index < -0.39 is 5.54 Å². The van der Waals surface area contributed by atoms with Gasteiger partial charge in [-0.1, -0.05) is 13.8 Å². The second-order valence-electron chi connectivity index (χ2n) is 5.55. The highest BCUT2D eigenvalue weighted by Crippen LogP contribution is 2.15. The van der Waals surface area contributed by atoms with E-state index in [1.807, 2.05) is 6.92 Å². The number of likely N-dealkylation sites (N-methyl/N-ethyl adjacent to an activating group) is 1. The van der Waals surface area contributed by atoms with Crippen LogP contribution in [0.25, 0.3) is 0 Å². The van der Waals surface area contributed by atoms with Gasteiger partial charge in [0, 0.05) is 19.7 Å². The fourth-order valence-corrected chi connectivity index (χ4v) is 2.50. The van der Waals surface area contributed by atoms with Gasteiger partial charge in [0.05, 0.1) is 12.1 Å². The van der Waals surface area contributed by atoms with Crippen molar-refractivity contribution in [2.75, 3.05) is 33.9 Å². The Morgan fingerprint density at radius 1 is 1.35 bits per heavy atom. The van der Waals surface area contributed by atoms with Crippen molar-refractivity contribution in [2.45, 2.75) is 58.0 Å². The van der Waals surface area contributed by atoms with Gasteiger partial charge in [0.25, 0.3) is 0 Å². The molecule has 0 saturated carbocycles. The Labute approximate surface area is 124 Å². The van der Waals surface area contributed by atoms with Crippen LogP contribution in [0.4, 0.5) is 0 Å².